The summed E-state index contributed by atoms with van der Waals surface area (Å²) in [6.07, 6.45) is 3.40. The normalized spacial score (nSPS) is 11.7. The maximum absolute atomic E-state index is 11.3. The molecule has 0 bridgehead atoms. The summed E-state index contributed by atoms with van der Waals surface area (Å²) in [4.78, 5) is 11.3. The van der Waals surface area contributed by atoms with Gasteiger partial charge in [-0.05, 0) is 38.9 Å². The molecular weight excluding hydrogens is 254 g/mol. The molecule has 0 atom stereocenters. The average Bonchev–Trinajstić information content (AvgIpc) is 2.37. The Morgan fingerprint density at radius 3 is 2.26 bits per heavy atom. The SMILES string of the molecule is C=C(C)C(=O)OCCCN(CCCC)[Si](C)(C)CC. The zero-order chi connectivity index (χ0) is 14.9. The van der Waals surface area contributed by atoms with E-state index in [1.54, 1.807) is 6.92 Å². The summed E-state index contributed by atoms with van der Waals surface area (Å²) >= 11 is 0. The number of carbonyl (C=O) groups excluding carboxylic acids is 1. The quantitative estimate of drug-likeness (QED) is 0.264. The van der Waals surface area contributed by atoms with Gasteiger partial charge in [-0.25, -0.2) is 4.79 Å². The van der Waals surface area contributed by atoms with Gasteiger partial charge in [0.05, 0.1) is 6.61 Å². The maximum Gasteiger partial charge on any atom is 0.333 e. The Hall–Kier alpha value is -0.613. The molecule has 19 heavy (non-hydrogen) atoms. The Balaban J connectivity index is 4.13. The molecule has 0 unspecified atom stereocenters. The molecule has 0 N–H and O–H groups in total. The number of hydrogen-bond acceptors (Lipinski definition) is 3. The van der Waals surface area contributed by atoms with Crippen LogP contribution < -0.4 is 0 Å². The van der Waals surface area contributed by atoms with E-state index in [-0.39, 0.29) is 5.97 Å². The van der Waals surface area contributed by atoms with Crippen LogP contribution in [-0.4, -0.2) is 38.5 Å². The van der Waals surface area contributed by atoms with Crippen LogP contribution >= 0.6 is 0 Å². The van der Waals surface area contributed by atoms with Gasteiger partial charge in [-0.3, -0.25) is 0 Å². The Bertz CT molecular complexity index is 290. The molecular formula is C15H31NO2Si. The van der Waals surface area contributed by atoms with Gasteiger partial charge in [0.1, 0.15) is 8.24 Å². The van der Waals surface area contributed by atoms with E-state index in [0.29, 0.717) is 12.2 Å². The van der Waals surface area contributed by atoms with Crippen molar-refractivity contribution in [3.05, 3.63) is 12.2 Å². The number of hydrogen-bond donors (Lipinski definition) is 0. The third-order valence-electron chi connectivity index (χ3n) is 3.66. The van der Waals surface area contributed by atoms with Gasteiger partial charge in [0.15, 0.2) is 0 Å². The van der Waals surface area contributed by atoms with Crippen molar-refractivity contribution in [2.45, 2.75) is 59.2 Å². The highest BCUT2D eigenvalue weighted by Gasteiger charge is 2.26. The minimum atomic E-state index is -1.27. The van der Waals surface area contributed by atoms with Crippen molar-refractivity contribution in [3.8, 4) is 0 Å². The Morgan fingerprint density at radius 2 is 1.79 bits per heavy atom. The molecule has 0 aliphatic rings. The number of unbranched alkanes of at least 4 members (excludes halogenated alkanes) is 1. The molecule has 4 heteroatoms. The molecule has 0 saturated heterocycles. The molecule has 0 heterocycles. The van der Waals surface area contributed by atoms with Crippen LogP contribution in [0.1, 0.15) is 40.0 Å². The predicted molar refractivity (Wildman–Crippen MR) is 84.8 cm³/mol. The average molecular weight is 286 g/mol. The number of rotatable bonds is 10. The second kappa shape index (κ2) is 9.32. The van der Waals surface area contributed by atoms with Gasteiger partial charge in [-0.2, -0.15) is 0 Å². The Morgan fingerprint density at radius 1 is 1.21 bits per heavy atom. The van der Waals surface area contributed by atoms with Crippen LogP contribution in [0.2, 0.25) is 19.1 Å². The number of nitrogens with zero attached hydrogens (tertiary/aromatic N) is 1. The van der Waals surface area contributed by atoms with Crippen LogP contribution in [0.4, 0.5) is 0 Å². The first-order chi connectivity index (χ1) is 8.85. The van der Waals surface area contributed by atoms with Crippen LogP contribution in [0, 0.1) is 0 Å². The molecule has 0 rings (SSSR count). The fourth-order valence-electron chi connectivity index (χ4n) is 1.83. The minimum Gasteiger partial charge on any atom is -0.462 e. The van der Waals surface area contributed by atoms with Crippen LogP contribution in [-0.2, 0) is 9.53 Å². The molecule has 0 saturated carbocycles. The van der Waals surface area contributed by atoms with Gasteiger partial charge >= 0.3 is 5.97 Å². The van der Waals surface area contributed by atoms with Crippen LogP contribution in [0.5, 0.6) is 0 Å². The van der Waals surface area contributed by atoms with Crippen LogP contribution in [0.15, 0.2) is 12.2 Å². The summed E-state index contributed by atoms with van der Waals surface area (Å²) in [5.41, 5.74) is 0.478. The summed E-state index contributed by atoms with van der Waals surface area (Å²) in [5.74, 6) is -0.271. The van der Waals surface area contributed by atoms with Crippen molar-refractivity contribution in [3.63, 3.8) is 0 Å². The van der Waals surface area contributed by atoms with Crippen molar-refractivity contribution in [2.75, 3.05) is 19.7 Å². The van der Waals surface area contributed by atoms with E-state index in [0.717, 1.165) is 13.0 Å². The largest absolute Gasteiger partial charge is 0.462 e. The van der Waals surface area contributed by atoms with Gasteiger partial charge < -0.3 is 9.30 Å². The van der Waals surface area contributed by atoms with Gasteiger partial charge in [-0.15, -0.1) is 0 Å². The number of carbonyl (C=O) groups is 1. The van der Waals surface area contributed by atoms with E-state index in [1.807, 2.05) is 0 Å². The lowest BCUT2D eigenvalue weighted by Gasteiger charge is -2.36. The maximum atomic E-state index is 11.3. The molecule has 0 aromatic rings. The third-order valence-corrected chi connectivity index (χ3v) is 7.55. The van der Waals surface area contributed by atoms with E-state index in [9.17, 15) is 4.79 Å². The molecule has 0 aliphatic heterocycles. The van der Waals surface area contributed by atoms with Crippen molar-refractivity contribution in [2.24, 2.45) is 0 Å². The Labute approximate surface area is 120 Å². The number of ether oxygens (including phenoxy) is 1. The first kappa shape index (κ1) is 18.4. The highest BCUT2D eigenvalue weighted by molar-refractivity contribution is 6.74. The summed E-state index contributed by atoms with van der Waals surface area (Å²) in [7, 11) is -1.27. The summed E-state index contributed by atoms with van der Waals surface area (Å²) in [6.45, 7) is 17.3. The first-order valence-corrected chi connectivity index (χ1v) is 10.6. The zero-order valence-corrected chi connectivity index (χ0v) is 14.4. The molecule has 0 fully saturated rings. The van der Waals surface area contributed by atoms with E-state index >= 15 is 0 Å². The molecule has 0 aromatic heterocycles. The summed E-state index contributed by atoms with van der Waals surface area (Å²) in [6, 6.07) is 1.27. The highest BCUT2D eigenvalue weighted by Crippen LogP contribution is 2.16. The van der Waals surface area contributed by atoms with Gasteiger partial charge in [-0.1, -0.05) is 39.9 Å². The number of esters is 1. The van der Waals surface area contributed by atoms with E-state index in [2.05, 4.69) is 38.1 Å². The van der Waals surface area contributed by atoms with Crippen LogP contribution in [0.3, 0.4) is 0 Å². The molecule has 112 valence electrons. The first-order valence-electron chi connectivity index (χ1n) is 7.42. The predicted octanol–water partition coefficient (Wildman–Crippen LogP) is 3.82. The highest BCUT2D eigenvalue weighted by atomic mass is 28.3. The van der Waals surface area contributed by atoms with Gasteiger partial charge in [0.25, 0.3) is 0 Å². The summed E-state index contributed by atoms with van der Waals surface area (Å²) < 4.78 is 7.80. The molecule has 0 aromatic carbocycles. The van der Waals surface area contributed by atoms with Crippen molar-refractivity contribution in [1.82, 2.24) is 4.57 Å². The van der Waals surface area contributed by atoms with Crippen molar-refractivity contribution < 1.29 is 9.53 Å². The second-order valence-electron chi connectivity index (χ2n) is 5.78. The third kappa shape index (κ3) is 7.53. The molecule has 0 amide bonds. The Kier molecular flexibility index (Phi) is 9.02. The smallest absolute Gasteiger partial charge is 0.333 e. The fourth-order valence-corrected chi connectivity index (χ4v) is 3.81. The lowest BCUT2D eigenvalue weighted by molar-refractivity contribution is -0.139. The van der Waals surface area contributed by atoms with E-state index in [1.165, 1.54) is 25.4 Å². The van der Waals surface area contributed by atoms with Gasteiger partial charge in [0, 0.05) is 5.57 Å². The van der Waals surface area contributed by atoms with Gasteiger partial charge in [0.2, 0.25) is 0 Å². The van der Waals surface area contributed by atoms with E-state index in [4.69, 9.17) is 4.74 Å². The lowest BCUT2D eigenvalue weighted by atomic mass is 10.3. The van der Waals surface area contributed by atoms with Crippen molar-refractivity contribution >= 4 is 14.2 Å². The van der Waals surface area contributed by atoms with E-state index < -0.39 is 8.24 Å². The molecule has 0 aliphatic carbocycles. The topological polar surface area (TPSA) is 29.5 Å². The fraction of sp³-hybridized carbons (Fsp3) is 0.800. The minimum absolute atomic E-state index is 0.271. The molecule has 3 nitrogen and oxygen atoms in total. The lowest BCUT2D eigenvalue weighted by Crippen LogP contribution is -2.49. The molecule has 0 radical (unpaired) electrons. The second-order valence-corrected chi connectivity index (χ2v) is 10.7. The monoisotopic (exact) mass is 285 g/mol. The van der Waals surface area contributed by atoms with Crippen LogP contribution in [0.25, 0.3) is 0 Å². The summed E-state index contributed by atoms with van der Waals surface area (Å²) in [5, 5.41) is 0. The molecule has 0 spiro atoms. The van der Waals surface area contributed by atoms with Crippen molar-refractivity contribution in [1.29, 1.82) is 0 Å². The zero-order valence-electron chi connectivity index (χ0n) is 13.4. The standard InChI is InChI=1S/C15H31NO2Si/c1-7-9-11-16(19(5,6)8-2)12-10-13-18-15(17)14(3)4/h3,7-13H2,1-2,4-6H3.